The highest BCUT2D eigenvalue weighted by Gasteiger charge is 2.12. The number of hydrazine groups is 1. The average Bonchev–Trinajstić information content (AvgIpc) is 3.15. The van der Waals surface area contributed by atoms with E-state index in [-0.39, 0.29) is 17.7 Å². The molecule has 2 aromatic heterocycles. The van der Waals surface area contributed by atoms with Gasteiger partial charge in [-0.2, -0.15) is 0 Å². The number of hydrogen-bond acceptors (Lipinski definition) is 7. The average molecular weight is 383 g/mol. The van der Waals surface area contributed by atoms with E-state index in [4.69, 9.17) is 0 Å². The number of nitrogens with zero attached hydrogens (tertiary/aromatic N) is 3. The van der Waals surface area contributed by atoms with Gasteiger partial charge < -0.3 is 0 Å². The smallest absolute Gasteiger partial charge is 0.269 e. The quantitative estimate of drug-likeness (QED) is 0.513. The molecule has 136 valence electrons. The number of carbonyl (C=O) groups is 2. The maximum Gasteiger partial charge on any atom is 0.269 e. The van der Waals surface area contributed by atoms with Gasteiger partial charge in [0.05, 0.1) is 17.0 Å². The molecule has 0 radical (unpaired) electrons. The number of benzene rings is 1. The second-order valence-electron chi connectivity index (χ2n) is 5.37. The Morgan fingerprint density at radius 3 is 2.59 bits per heavy atom. The molecule has 1 aromatic carbocycles. The largest absolute Gasteiger partial charge is 0.273 e. The lowest BCUT2D eigenvalue weighted by Crippen LogP contribution is -2.42. The maximum atomic E-state index is 12.0. The molecule has 9 nitrogen and oxygen atoms in total. The van der Waals surface area contributed by atoms with E-state index in [1.807, 2.05) is 6.07 Å². The van der Waals surface area contributed by atoms with Crippen molar-refractivity contribution in [3.63, 3.8) is 0 Å². The van der Waals surface area contributed by atoms with Gasteiger partial charge in [0, 0.05) is 41.0 Å². The number of non-ortho nitro benzene ring substituents is 1. The summed E-state index contributed by atoms with van der Waals surface area (Å²) in [4.78, 5) is 42.4. The van der Waals surface area contributed by atoms with Gasteiger partial charge in [0.25, 0.3) is 11.6 Å². The zero-order valence-electron chi connectivity index (χ0n) is 13.8. The van der Waals surface area contributed by atoms with Gasteiger partial charge in [-0.25, -0.2) is 4.98 Å². The molecule has 0 aliphatic rings. The lowest BCUT2D eigenvalue weighted by atomic mass is 10.2. The number of rotatable bonds is 5. The highest BCUT2D eigenvalue weighted by molar-refractivity contribution is 7.13. The molecule has 2 N–H and O–H groups in total. The minimum Gasteiger partial charge on any atom is -0.273 e. The van der Waals surface area contributed by atoms with Crippen LogP contribution in [0.15, 0.2) is 54.2 Å². The molecular weight excluding hydrogens is 370 g/mol. The van der Waals surface area contributed by atoms with Crippen LogP contribution in [-0.4, -0.2) is 26.7 Å². The molecule has 0 spiro atoms. The maximum absolute atomic E-state index is 12.0. The molecule has 2 heterocycles. The van der Waals surface area contributed by atoms with Crippen molar-refractivity contribution in [3.8, 4) is 10.6 Å². The number of hydrogen-bond donors (Lipinski definition) is 2. The summed E-state index contributed by atoms with van der Waals surface area (Å²) in [6.07, 6.45) is 3.35. The Morgan fingerprint density at radius 2 is 1.93 bits per heavy atom. The van der Waals surface area contributed by atoms with E-state index in [1.54, 1.807) is 23.8 Å². The van der Waals surface area contributed by atoms with Crippen LogP contribution in [0.2, 0.25) is 0 Å². The molecule has 0 saturated carbocycles. The Labute approximate surface area is 157 Å². The Morgan fingerprint density at radius 1 is 1.15 bits per heavy atom. The Bertz CT molecular complexity index is 973. The first-order valence-corrected chi connectivity index (χ1v) is 8.59. The van der Waals surface area contributed by atoms with Gasteiger partial charge in [-0.3, -0.25) is 35.5 Å². The third-order valence-corrected chi connectivity index (χ3v) is 4.40. The normalized spacial score (nSPS) is 10.2. The molecular formula is C17H13N5O4S. The zero-order chi connectivity index (χ0) is 19.2. The highest BCUT2D eigenvalue weighted by atomic mass is 32.1. The van der Waals surface area contributed by atoms with Crippen molar-refractivity contribution < 1.29 is 14.5 Å². The van der Waals surface area contributed by atoms with E-state index < -0.39 is 16.7 Å². The SMILES string of the molecule is O=C(Cc1csc(-c2cccnc2)n1)NNC(=O)c1ccc([N+](=O)[O-])cc1. The molecule has 3 aromatic rings. The minimum atomic E-state index is -0.576. The number of thiazole rings is 1. The lowest BCUT2D eigenvalue weighted by molar-refractivity contribution is -0.384. The van der Waals surface area contributed by atoms with Crippen molar-refractivity contribution >= 4 is 28.8 Å². The number of aromatic nitrogens is 2. The van der Waals surface area contributed by atoms with Crippen LogP contribution in [0.5, 0.6) is 0 Å². The first kappa shape index (κ1) is 18.1. The second kappa shape index (κ2) is 8.15. The summed E-state index contributed by atoms with van der Waals surface area (Å²) in [6.45, 7) is 0. The molecule has 0 aliphatic heterocycles. The van der Waals surface area contributed by atoms with Gasteiger partial charge in [-0.15, -0.1) is 11.3 Å². The van der Waals surface area contributed by atoms with Gasteiger partial charge >= 0.3 is 0 Å². The van der Waals surface area contributed by atoms with E-state index in [0.29, 0.717) is 5.69 Å². The van der Waals surface area contributed by atoms with Crippen LogP contribution in [0.25, 0.3) is 10.6 Å². The highest BCUT2D eigenvalue weighted by Crippen LogP contribution is 2.22. The minimum absolute atomic E-state index is 0.00267. The third-order valence-electron chi connectivity index (χ3n) is 3.46. The van der Waals surface area contributed by atoms with Crippen LogP contribution >= 0.6 is 11.3 Å². The topological polar surface area (TPSA) is 127 Å². The lowest BCUT2D eigenvalue weighted by Gasteiger charge is -2.06. The summed E-state index contributed by atoms with van der Waals surface area (Å²) < 4.78 is 0. The van der Waals surface area contributed by atoms with Gasteiger partial charge in [-0.05, 0) is 24.3 Å². The van der Waals surface area contributed by atoms with Gasteiger partial charge in [0.2, 0.25) is 5.91 Å². The van der Waals surface area contributed by atoms with Crippen molar-refractivity contribution in [1.82, 2.24) is 20.8 Å². The van der Waals surface area contributed by atoms with Crippen LogP contribution in [0.3, 0.4) is 0 Å². The summed E-state index contributed by atoms with van der Waals surface area (Å²) >= 11 is 1.40. The van der Waals surface area contributed by atoms with Gasteiger partial charge in [0.1, 0.15) is 5.01 Å². The number of nitrogens with one attached hydrogen (secondary N) is 2. The van der Waals surface area contributed by atoms with E-state index in [2.05, 4.69) is 20.8 Å². The first-order chi connectivity index (χ1) is 13.0. The monoisotopic (exact) mass is 383 g/mol. The molecule has 2 amide bonds. The van der Waals surface area contributed by atoms with E-state index in [1.165, 1.54) is 35.6 Å². The first-order valence-electron chi connectivity index (χ1n) is 7.71. The standard InChI is InChI=1S/C17H13N5O4S/c23-15(8-13-10-27-17(19-13)12-2-1-7-18-9-12)20-21-16(24)11-3-5-14(6-4-11)22(25)26/h1-7,9-10H,8H2,(H,20,23)(H,21,24). The summed E-state index contributed by atoms with van der Waals surface area (Å²) in [7, 11) is 0. The summed E-state index contributed by atoms with van der Waals surface area (Å²) in [5.74, 6) is -1.01. The molecule has 3 rings (SSSR count). The van der Waals surface area contributed by atoms with Crippen LogP contribution in [0.1, 0.15) is 16.1 Å². The van der Waals surface area contributed by atoms with Crippen LogP contribution < -0.4 is 10.9 Å². The van der Waals surface area contributed by atoms with Crippen LogP contribution in [-0.2, 0) is 11.2 Å². The number of carbonyl (C=O) groups excluding carboxylic acids is 2. The molecule has 0 fully saturated rings. The van der Waals surface area contributed by atoms with Gasteiger partial charge in [0.15, 0.2) is 0 Å². The van der Waals surface area contributed by atoms with Crippen molar-refractivity contribution in [3.05, 3.63) is 75.5 Å². The van der Waals surface area contributed by atoms with Crippen molar-refractivity contribution in [2.75, 3.05) is 0 Å². The number of nitro groups is 1. The predicted octanol–water partition coefficient (Wildman–Crippen LogP) is 2.12. The molecule has 10 heteroatoms. The molecule has 0 unspecified atom stereocenters. The Hall–Kier alpha value is -3.66. The van der Waals surface area contributed by atoms with Crippen molar-refractivity contribution in [2.24, 2.45) is 0 Å². The summed E-state index contributed by atoms with van der Waals surface area (Å²) in [5, 5.41) is 13.1. The fraction of sp³-hybridized carbons (Fsp3) is 0.0588. The summed E-state index contributed by atoms with van der Waals surface area (Å²) in [6, 6.07) is 8.72. The number of nitro benzene ring substituents is 1. The predicted molar refractivity (Wildman–Crippen MR) is 97.8 cm³/mol. The van der Waals surface area contributed by atoms with E-state index in [9.17, 15) is 19.7 Å². The fourth-order valence-corrected chi connectivity index (χ4v) is 2.96. The fourth-order valence-electron chi connectivity index (χ4n) is 2.15. The van der Waals surface area contributed by atoms with Crippen LogP contribution in [0.4, 0.5) is 5.69 Å². The molecule has 27 heavy (non-hydrogen) atoms. The van der Waals surface area contributed by atoms with Crippen molar-refractivity contribution in [1.29, 1.82) is 0 Å². The molecule has 0 bridgehead atoms. The third kappa shape index (κ3) is 4.70. The Balaban J connectivity index is 1.53. The van der Waals surface area contributed by atoms with Gasteiger partial charge in [-0.1, -0.05) is 0 Å². The van der Waals surface area contributed by atoms with Crippen molar-refractivity contribution in [2.45, 2.75) is 6.42 Å². The molecule has 0 saturated heterocycles. The molecule has 0 aliphatic carbocycles. The number of amides is 2. The second-order valence-corrected chi connectivity index (χ2v) is 6.23. The molecule has 0 atom stereocenters. The van der Waals surface area contributed by atoms with Crippen LogP contribution in [0, 0.1) is 10.1 Å². The number of pyridine rings is 1. The van der Waals surface area contributed by atoms with E-state index >= 15 is 0 Å². The summed E-state index contributed by atoms with van der Waals surface area (Å²) in [5.41, 5.74) is 6.06. The zero-order valence-corrected chi connectivity index (χ0v) is 14.6. The Kier molecular flexibility index (Phi) is 5.47. The van der Waals surface area contributed by atoms with E-state index in [0.717, 1.165) is 10.6 Å².